The van der Waals surface area contributed by atoms with Crippen LogP contribution in [0.15, 0.2) is 30.3 Å². The van der Waals surface area contributed by atoms with Crippen molar-refractivity contribution in [2.45, 2.75) is 19.5 Å². The van der Waals surface area contributed by atoms with Gasteiger partial charge < -0.3 is 25.3 Å². The fraction of sp³-hybridized carbons (Fsp3) is 0.385. The van der Waals surface area contributed by atoms with Crippen LogP contribution in [0.1, 0.15) is 46.0 Å². The van der Waals surface area contributed by atoms with E-state index in [4.69, 9.17) is 11.6 Å². The van der Waals surface area contributed by atoms with Gasteiger partial charge in [0.1, 0.15) is 0 Å². The molecular formula is C26H29ClN6O3S2. The van der Waals surface area contributed by atoms with Gasteiger partial charge in [0.15, 0.2) is 5.01 Å². The Hall–Kier alpha value is -2.83. The standard InChI is InChI=1S/C26H29ClN6O3S2/c1-31-9-11-33(12-10-31)26(36)16-3-4-17(14-28-23(34)20-5-6-22(27)37-20)19(13-16)29-24(35)25-30-18-7-8-32(2)15-21(18)38-25/h3-6,13H,7-12,14-15H2,1-2H3,(H,28,34)(H,29,35). The normalized spacial score (nSPS) is 16.2. The largest absolute Gasteiger partial charge is 0.347 e. The fourth-order valence-corrected chi connectivity index (χ4v) is 6.51. The number of nitrogens with zero attached hydrogens (tertiary/aromatic N) is 4. The first-order valence-electron chi connectivity index (χ1n) is 12.4. The van der Waals surface area contributed by atoms with Crippen LogP contribution >= 0.6 is 34.3 Å². The molecule has 1 fully saturated rings. The number of rotatable bonds is 6. The minimum Gasteiger partial charge on any atom is -0.347 e. The number of hydrogen-bond acceptors (Lipinski definition) is 8. The van der Waals surface area contributed by atoms with Crippen molar-refractivity contribution < 1.29 is 14.4 Å². The Labute approximate surface area is 234 Å². The first-order chi connectivity index (χ1) is 18.3. The van der Waals surface area contributed by atoms with Crippen molar-refractivity contribution in [1.82, 2.24) is 25.0 Å². The monoisotopic (exact) mass is 572 g/mol. The zero-order chi connectivity index (χ0) is 26.8. The second-order valence-corrected chi connectivity index (χ2v) is 12.4. The number of amides is 3. The Balaban J connectivity index is 1.37. The summed E-state index contributed by atoms with van der Waals surface area (Å²) in [5.74, 6) is -0.660. The van der Waals surface area contributed by atoms with E-state index in [-0.39, 0.29) is 24.3 Å². The third-order valence-electron chi connectivity index (χ3n) is 6.75. The van der Waals surface area contributed by atoms with E-state index < -0.39 is 0 Å². The van der Waals surface area contributed by atoms with Crippen LogP contribution in [0.2, 0.25) is 4.34 Å². The maximum absolute atomic E-state index is 13.3. The highest BCUT2D eigenvalue weighted by molar-refractivity contribution is 7.18. The minimum absolute atomic E-state index is 0.0786. The van der Waals surface area contributed by atoms with E-state index in [9.17, 15) is 14.4 Å². The van der Waals surface area contributed by atoms with E-state index in [0.29, 0.717) is 44.1 Å². The number of likely N-dealkylation sites (N-methyl/N-ethyl adjacent to an activating group) is 2. The number of halogens is 1. The number of carbonyl (C=O) groups is 3. The van der Waals surface area contributed by atoms with E-state index in [2.05, 4.69) is 32.5 Å². The van der Waals surface area contributed by atoms with Gasteiger partial charge in [-0.25, -0.2) is 4.98 Å². The minimum atomic E-state index is -0.325. The van der Waals surface area contributed by atoms with Crippen LogP contribution < -0.4 is 10.6 Å². The second kappa shape index (κ2) is 11.5. The number of fused-ring (bicyclic) bond motifs is 1. The zero-order valence-electron chi connectivity index (χ0n) is 21.3. The average molecular weight is 573 g/mol. The van der Waals surface area contributed by atoms with Gasteiger partial charge in [-0.1, -0.05) is 17.7 Å². The van der Waals surface area contributed by atoms with Crippen molar-refractivity contribution in [3.63, 3.8) is 0 Å². The second-order valence-electron chi connectivity index (χ2n) is 9.58. The number of carbonyl (C=O) groups excluding carboxylic acids is 3. The number of thiazole rings is 1. The van der Waals surface area contributed by atoms with Gasteiger partial charge in [0.05, 0.1) is 14.9 Å². The van der Waals surface area contributed by atoms with E-state index in [1.807, 2.05) is 11.9 Å². The SMILES string of the molecule is CN1CCN(C(=O)c2ccc(CNC(=O)c3ccc(Cl)s3)c(NC(=O)c3nc4c(s3)CN(C)CC4)c2)CC1. The lowest BCUT2D eigenvalue weighted by Crippen LogP contribution is -2.47. The molecule has 1 saturated heterocycles. The van der Waals surface area contributed by atoms with Crippen molar-refractivity contribution >= 4 is 57.7 Å². The number of nitrogens with one attached hydrogen (secondary N) is 2. The fourth-order valence-electron chi connectivity index (χ4n) is 4.47. The van der Waals surface area contributed by atoms with Gasteiger partial charge in [-0.2, -0.15) is 0 Å². The molecule has 1 aromatic carbocycles. The molecule has 0 saturated carbocycles. The van der Waals surface area contributed by atoms with Crippen LogP contribution in [0.4, 0.5) is 5.69 Å². The van der Waals surface area contributed by atoms with Gasteiger partial charge in [0, 0.05) is 68.4 Å². The molecule has 4 heterocycles. The first kappa shape index (κ1) is 26.8. The van der Waals surface area contributed by atoms with Crippen molar-refractivity contribution in [1.29, 1.82) is 0 Å². The van der Waals surface area contributed by atoms with Crippen LogP contribution in [0.25, 0.3) is 0 Å². The molecule has 5 rings (SSSR count). The molecule has 2 N–H and O–H groups in total. The molecule has 3 amide bonds. The quantitative estimate of drug-likeness (QED) is 0.470. The van der Waals surface area contributed by atoms with Gasteiger partial charge in [-0.05, 0) is 43.9 Å². The summed E-state index contributed by atoms with van der Waals surface area (Å²) in [6.45, 7) is 4.79. The summed E-state index contributed by atoms with van der Waals surface area (Å²) in [5, 5.41) is 6.25. The summed E-state index contributed by atoms with van der Waals surface area (Å²) in [6, 6.07) is 8.57. The molecule has 2 aliphatic heterocycles. The lowest BCUT2D eigenvalue weighted by atomic mass is 10.1. The number of anilines is 1. The Morgan fingerprint density at radius 1 is 0.974 bits per heavy atom. The third-order valence-corrected chi connectivity index (χ3v) is 9.06. The molecule has 38 heavy (non-hydrogen) atoms. The smallest absolute Gasteiger partial charge is 0.284 e. The van der Waals surface area contributed by atoms with Gasteiger partial charge in [-0.3, -0.25) is 14.4 Å². The highest BCUT2D eigenvalue weighted by Crippen LogP contribution is 2.27. The molecule has 3 aromatic rings. The van der Waals surface area contributed by atoms with Gasteiger partial charge in [0.25, 0.3) is 17.7 Å². The van der Waals surface area contributed by atoms with Gasteiger partial charge >= 0.3 is 0 Å². The molecule has 2 aliphatic rings. The van der Waals surface area contributed by atoms with E-state index >= 15 is 0 Å². The van der Waals surface area contributed by atoms with Crippen molar-refractivity contribution in [3.8, 4) is 0 Å². The molecule has 200 valence electrons. The summed E-state index contributed by atoms with van der Waals surface area (Å²) in [5.41, 5.74) is 2.62. The topological polar surface area (TPSA) is 97.9 Å². The predicted molar refractivity (Wildman–Crippen MR) is 150 cm³/mol. The number of benzene rings is 1. The lowest BCUT2D eigenvalue weighted by molar-refractivity contribution is 0.0663. The summed E-state index contributed by atoms with van der Waals surface area (Å²) in [6.07, 6.45) is 0.814. The molecule has 0 spiro atoms. The Kier molecular flexibility index (Phi) is 8.10. The van der Waals surface area contributed by atoms with Crippen LogP contribution in [-0.2, 0) is 19.5 Å². The molecule has 2 aromatic heterocycles. The molecule has 0 radical (unpaired) electrons. The molecule has 0 bridgehead atoms. The van der Waals surface area contributed by atoms with Gasteiger partial charge in [0.2, 0.25) is 0 Å². The third kappa shape index (κ3) is 6.08. The molecule has 12 heteroatoms. The Bertz CT molecular complexity index is 1360. The number of piperazine rings is 1. The highest BCUT2D eigenvalue weighted by Gasteiger charge is 2.24. The molecule has 9 nitrogen and oxygen atoms in total. The number of thiophene rings is 1. The predicted octanol–water partition coefficient (Wildman–Crippen LogP) is 3.42. The maximum atomic E-state index is 13.3. The highest BCUT2D eigenvalue weighted by atomic mass is 35.5. The van der Waals surface area contributed by atoms with Gasteiger partial charge in [-0.15, -0.1) is 22.7 Å². The van der Waals surface area contributed by atoms with E-state index in [1.54, 1.807) is 30.3 Å². The number of hydrogen-bond donors (Lipinski definition) is 2. The van der Waals surface area contributed by atoms with Crippen molar-refractivity contribution in [2.75, 3.05) is 52.1 Å². The van der Waals surface area contributed by atoms with Crippen LogP contribution in [0.3, 0.4) is 0 Å². The average Bonchev–Trinajstić information content (AvgIpc) is 3.54. The van der Waals surface area contributed by atoms with Crippen molar-refractivity contribution in [2.24, 2.45) is 0 Å². The maximum Gasteiger partial charge on any atom is 0.284 e. The molecule has 0 atom stereocenters. The van der Waals surface area contributed by atoms with Crippen molar-refractivity contribution in [3.05, 3.63) is 66.3 Å². The first-order valence-corrected chi connectivity index (χ1v) is 14.4. The summed E-state index contributed by atoms with van der Waals surface area (Å²) in [7, 11) is 4.09. The summed E-state index contributed by atoms with van der Waals surface area (Å²) in [4.78, 5) is 51.5. The zero-order valence-corrected chi connectivity index (χ0v) is 23.6. The molecule has 0 aliphatic carbocycles. The summed E-state index contributed by atoms with van der Waals surface area (Å²) < 4.78 is 0.534. The van der Waals surface area contributed by atoms with Crippen LogP contribution in [-0.4, -0.2) is 84.2 Å². The van der Waals surface area contributed by atoms with E-state index in [1.165, 1.54) is 22.7 Å². The van der Waals surface area contributed by atoms with Crippen LogP contribution in [0, 0.1) is 0 Å². The molecule has 0 unspecified atom stereocenters. The molecular weight excluding hydrogens is 544 g/mol. The Morgan fingerprint density at radius 3 is 2.50 bits per heavy atom. The Morgan fingerprint density at radius 2 is 1.76 bits per heavy atom. The number of aromatic nitrogens is 1. The van der Waals surface area contributed by atoms with E-state index in [0.717, 1.165) is 43.2 Å². The lowest BCUT2D eigenvalue weighted by Gasteiger charge is -2.32. The van der Waals surface area contributed by atoms with Crippen LogP contribution in [0.5, 0.6) is 0 Å². The summed E-state index contributed by atoms with van der Waals surface area (Å²) >= 11 is 8.57.